The van der Waals surface area contributed by atoms with Crippen molar-refractivity contribution in [2.45, 2.75) is 27.7 Å². The van der Waals surface area contributed by atoms with E-state index in [1.165, 1.54) is 5.82 Å². The van der Waals surface area contributed by atoms with E-state index in [1.807, 2.05) is 60.7 Å². The van der Waals surface area contributed by atoms with Gasteiger partial charge in [-0.1, -0.05) is 60.7 Å². The van der Waals surface area contributed by atoms with E-state index in [2.05, 4.69) is 5.32 Å². The molecule has 0 saturated carbocycles. The summed E-state index contributed by atoms with van der Waals surface area (Å²) in [7, 11) is -7.55. The van der Waals surface area contributed by atoms with Crippen molar-refractivity contribution in [3.63, 3.8) is 0 Å². The van der Waals surface area contributed by atoms with Crippen LogP contribution in [0.15, 0.2) is 78.1 Å². The Morgan fingerprint density at radius 3 is 1.55 bits per heavy atom. The molecular weight excluding hydrogens is 460 g/mol. The molecule has 0 aliphatic carbocycles. The molecule has 1 N–H and O–H groups in total. The molecule has 0 atom stereocenters. The van der Waals surface area contributed by atoms with E-state index in [0.29, 0.717) is 0 Å². The van der Waals surface area contributed by atoms with Gasteiger partial charge in [0, 0.05) is 11.8 Å². The molecule has 9 heteroatoms. The fourth-order valence-electron chi connectivity index (χ4n) is 3.04. The summed E-state index contributed by atoms with van der Waals surface area (Å²) in [5.74, 6) is 1.20. The van der Waals surface area contributed by atoms with Gasteiger partial charge in [-0.2, -0.15) is 0 Å². The van der Waals surface area contributed by atoms with Crippen LogP contribution in [0.3, 0.4) is 0 Å². The van der Waals surface area contributed by atoms with Crippen molar-refractivity contribution < 1.29 is 27.2 Å². The normalized spacial score (nSPS) is 12.4. The SMILES string of the molecule is CCOP(=O)(/C=C(\NC=C(c1ccccc1)c1ccccc1)P(=O)(OCC)OCC)OCC. The summed E-state index contributed by atoms with van der Waals surface area (Å²) in [6.07, 6.45) is 1.70. The fourth-order valence-corrected chi connectivity index (χ4v) is 6.60. The van der Waals surface area contributed by atoms with E-state index in [4.69, 9.17) is 18.1 Å². The summed E-state index contributed by atoms with van der Waals surface area (Å²) in [6, 6.07) is 19.5. The first-order chi connectivity index (χ1) is 15.9. The lowest BCUT2D eigenvalue weighted by atomic mass is 9.99. The standard InChI is InChI=1S/C24H33NO6P2/c1-5-28-32(26,29-6-2)20-24(33(27,30-7-3)31-8-4)25-19-23(21-15-11-9-12-16-21)22-17-13-10-14-18-22/h9-20,25H,5-8H2,1-4H3/b24-20+. The minimum atomic E-state index is -3.84. The highest BCUT2D eigenvalue weighted by atomic mass is 31.2. The highest BCUT2D eigenvalue weighted by Crippen LogP contribution is 2.60. The lowest BCUT2D eigenvalue weighted by Crippen LogP contribution is -2.12. The Morgan fingerprint density at radius 2 is 1.15 bits per heavy atom. The van der Waals surface area contributed by atoms with Crippen LogP contribution in [0.1, 0.15) is 38.8 Å². The maximum absolute atomic E-state index is 13.6. The molecule has 0 unspecified atom stereocenters. The van der Waals surface area contributed by atoms with Crippen molar-refractivity contribution in [3.05, 3.63) is 89.2 Å². The molecule has 2 aromatic carbocycles. The molecular formula is C24H33NO6P2. The van der Waals surface area contributed by atoms with Gasteiger partial charge in [-0.05, 0) is 38.8 Å². The summed E-state index contributed by atoms with van der Waals surface area (Å²) in [6.45, 7) is 7.43. The molecule has 0 heterocycles. The molecule has 0 amide bonds. The minimum absolute atomic E-state index is 0.000737. The van der Waals surface area contributed by atoms with Gasteiger partial charge in [-0.15, -0.1) is 0 Å². The lowest BCUT2D eigenvalue weighted by molar-refractivity contribution is 0.221. The number of benzene rings is 2. The fraction of sp³-hybridized carbons (Fsp3) is 0.333. The Labute approximate surface area is 196 Å². The molecule has 0 bridgehead atoms. The number of hydrogen-bond donors (Lipinski definition) is 1. The van der Waals surface area contributed by atoms with Crippen molar-refractivity contribution in [1.82, 2.24) is 5.32 Å². The van der Waals surface area contributed by atoms with E-state index in [-0.39, 0.29) is 31.9 Å². The Morgan fingerprint density at radius 1 is 0.727 bits per heavy atom. The summed E-state index contributed by atoms with van der Waals surface area (Å²) < 4.78 is 48.7. The van der Waals surface area contributed by atoms with Crippen LogP contribution in [0.2, 0.25) is 0 Å². The van der Waals surface area contributed by atoms with E-state index in [0.717, 1.165) is 16.7 Å². The van der Waals surface area contributed by atoms with Crippen molar-refractivity contribution in [2.24, 2.45) is 0 Å². The zero-order chi connectivity index (χ0) is 24.2. The minimum Gasteiger partial charge on any atom is -0.354 e. The van der Waals surface area contributed by atoms with Crippen molar-refractivity contribution in [2.75, 3.05) is 26.4 Å². The van der Waals surface area contributed by atoms with Crippen molar-refractivity contribution >= 4 is 20.8 Å². The number of nitrogens with one attached hydrogen (secondary N) is 1. The molecule has 0 saturated heterocycles. The quantitative estimate of drug-likeness (QED) is 0.284. The van der Waals surface area contributed by atoms with Gasteiger partial charge in [0.15, 0.2) is 0 Å². The Bertz CT molecular complexity index is 947. The second kappa shape index (κ2) is 13.7. The van der Waals surface area contributed by atoms with Gasteiger partial charge in [0.2, 0.25) is 0 Å². The van der Waals surface area contributed by atoms with Crippen molar-refractivity contribution in [3.8, 4) is 0 Å². The smallest absolute Gasteiger partial charge is 0.354 e. The van der Waals surface area contributed by atoms with E-state index >= 15 is 0 Å². The third-order valence-electron chi connectivity index (χ3n) is 4.33. The Kier molecular flexibility index (Phi) is 11.3. The summed E-state index contributed by atoms with van der Waals surface area (Å²) in [5.41, 5.74) is 2.72. The van der Waals surface area contributed by atoms with E-state index in [1.54, 1.807) is 33.9 Å². The maximum atomic E-state index is 13.6. The molecule has 2 aromatic rings. The van der Waals surface area contributed by atoms with Crippen LogP contribution >= 0.6 is 15.2 Å². The average Bonchev–Trinajstić information content (AvgIpc) is 2.80. The molecule has 0 aromatic heterocycles. The third kappa shape index (κ3) is 8.08. The van der Waals surface area contributed by atoms with Crippen LogP contribution in [-0.2, 0) is 27.2 Å². The van der Waals surface area contributed by atoms with Gasteiger partial charge in [0.25, 0.3) is 0 Å². The molecule has 0 fully saturated rings. The van der Waals surface area contributed by atoms with Crippen molar-refractivity contribution in [1.29, 1.82) is 0 Å². The number of rotatable bonds is 14. The van der Waals surface area contributed by atoms with Crippen LogP contribution in [0.25, 0.3) is 5.57 Å². The van der Waals surface area contributed by atoms with Gasteiger partial charge < -0.3 is 23.4 Å². The first-order valence-corrected chi connectivity index (χ1v) is 14.2. The average molecular weight is 493 g/mol. The predicted octanol–water partition coefficient (Wildman–Crippen LogP) is 7.00. The van der Waals surface area contributed by atoms with Gasteiger partial charge in [0.05, 0.1) is 32.2 Å². The second-order valence-electron chi connectivity index (χ2n) is 6.66. The van der Waals surface area contributed by atoms with Crippen LogP contribution < -0.4 is 5.32 Å². The maximum Gasteiger partial charge on any atom is 0.377 e. The third-order valence-corrected chi connectivity index (χ3v) is 8.38. The molecule has 0 aliphatic rings. The molecule has 0 aliphatic heterocycles. The Balaban J connectivity index is 2.62. The summed E-state index contributed by atoms with van der Waals surface area (Å²) in [5, 5.41) is 3.05. The zero-order valence-electron chi connectivity index (χ0n) is 19.6. The second-order valence-corrected chi connectivity index (χ2v) is 10.5. The van der Waals surface area contributed by atoms with Crippen LogP contribution in [0, 0.1) is 0 Å². The lowest BCUT2D eigenvalue weighted by Gasteiger charge is -2.22. The van der Waals surface area contributed by atoms with Gasteiger partial charge in [-0.3, -0.25) is 9.13 Å². The van der Waals surface area contributed by atoms with Crippen LogP contribution in [-0.4, -0.2) is 26.4 Å². The van der Waals surface area contributed by atoms with Gasteiger partial charge in [-0.25, -0.2) is 0 Å². The molecule has 2 rings (SSSR count). The largest absolute Gasteiger partial charge is 0.377 e. The van der Waals surface area contributed by atoms with Gasteiger partial charge in [0.1, 0.15) is 5.44 Å². The molecule has 0 radical (unpaired) electrons. The van der Waals surface area contributed by atoms with Crippen LogP contribution in [0.5, 0.6) is 0 Å². The molecule has 0 spiro atoms. The zero-order valence-corrected chi connectivity index (χ0v) is 21.4. The monoisotopic (exact) mass is 493 g/mol. The van der Waals surface area contributed by atoms with Gasteiger partial charge >= 0.3 is 15.2 Å². The number of hydrogen-bond acceptors (Lipinski definition) is 7. The van der Waals surface area contributed by atoms with E-state index < -0.39 is 15.2 Å². The van der Waals surface area contributed by atoms with Crippen LogP contribution in [0.4, 0.5) is 0 Å². The first-order valence-electron chi connectivity index (χ1n) is 11.0. The molecule has 7 nitrogen and oxygen atoms in total. The predicted molar refractivity (Wildman–Crippen MR) is 133 cm³/mol. The molecule has 180 valence electrons. The van der Waals surface area contributed by atoms with E-state index in [9.17, 15) is 9.13 Å². The highest BCUT2D eigenvalue weighted by molar-refractivity contribution is 7.62. The Hall–Kier alpha value is -1.98. The molecule has 33 heavy (non-hydrogen) atoms. The topological polar surface area (TPSA) is 83.1 Å². The first kappa shape index (κ1) is 27.3. The highest BCUT2D eigenvalue weighted by Gasteiger charge is 2.34. The summed E-state index contributed by atoms with van der Waals surface area (Å²) >= 11 is 0. The summed E-state index contributed by atoms with van der Waals surface area (Å²) in [4.78, 5) is 0.